The summed E-state index contributed by atoms with van der Waals surface area (Å²) in [4.78, 5) is 42.6. The number of ether oxygens (including phenoxy) is 2. The van der Waals surface area contributed by atoms with E-state index in [-0.39, 0.29) is 6.04 Å². The second kappa shape index (κ2) is 24.3. The van der Waals surface area contributed by atoms with Crippen LogP contribution in [0.15, 0.2) is 15.0 Å². The number of carbonyl (C=O) groups is 3. The normalized spacial score (nSPS) is 13.1. The zero-order valence-corrected chi connectivity index (χ0v) is 21.0. The maximum atomic E-state index is 11.0. The molecule has 0 aromatic rings. The molecule has 0 aromatic carbocycles. The van der Waals surface area contributed by atoms with E-state index in [1.807, 2.05) is 6.92 Å². The zero-order chi connectivity index (χ0) is 27.7. The molecule has 0 rings (SSSR count). The summed E-state index contributed by atoms with van der Waals surface area (Å²) < 4.78 is 63.8. The van der Waals surface area contributed by atoms with Crippen molar-refractivity contribution in [1.82, 2.24) is 0 Å². The van der Waals surface area contributed by atoms with Crippen LogP contribution in [0.3, 0.4) is 0 Å². The first-order valence-electron chi connectivity index (χ1n) is 9.87. The van der Waals surface area contributed by atoms with Crippen LogP contribution in [0.1, 0.15) is 26.7 Å². The summed E-state index contributed by atoms with van der Waals surface area (Å²) in [7, 11) is 0.207. The van der Waals surface area contributed by atoms with E-state index in [1.165, 1.54) is 7.11 Å². The van der Waals surface area contributed by atoms with Gasteiger partial charge in [-0.3, -0.25) is 0 Å². The van der Waals surface area contributed by atoms with Crippen molar-refractivity contribution >= 4 is 68.1 Å². The van der Waals surface area contributed by atoms with Gasteiger partial charge in [-0.25, -0.2) is 0 Å². The van der Waals surface area contributed by atoms with E-state index in [0.29, 0.717) is 34.3 Å². The third kappa shape index (κ3) is 24.1. The van der Waals surface area contributed by atoms with Crippen LogP contribution in [-0.2, 0) is 52.3 Å². The standard InChI is InChI=1S/C6H10BNO6S.C6H10BNO3.C5H8BNO2/c1-13-6(9)5(8-4-7-10)3-14-15(2,11)12;1-3-5(6(9)11-2)8-4-7-10;1-2-5(3-8)7-4-6-9/h4-5H,3H2,1-2H3;4-5H,3H2,1-2H3;3-5H,2H2,1H3. The second-order valence-electron chi connectivity index (χ2n) is 5.89. The SMILES string of the molecule is CCC(C=O)N=CB=O.CCC(N=CB=O)C(=O)OC.COC(=O)C(COS(C)(=O)=O)N=CB=O. The third-order valence-electron chi connectivity index (χ3n) is 3.34. The van der Waals surface area contributed by atoms with Crippen molar-refractivity contribution < 1.29 is 50.6 Å². The van der Waals surface area contributed by atoms with Gasteiger partial charge in [-0.2, -0.15) is 0 Å². The molecule has 3 unspecified atom stereocenters. The van der Waals surface area contributed by atoms with Gasteiger partial charge in [0.2, 0.25) is 0 Å². The van der Waals surface area contributed by atoms with Crippen molar-refractivity contribution in [2.24, 2.45) is 15.0 Å². The number of nitrogens with zero attached hydrogens (tertiary/aromatic N) is 3. The molecular weight excluding hydrogens is 487 g/mol. The Morgan fingerprint density at radius 1 is 0.829 bits per heavy atom. The molecule has 0 fully saturated rings. The summed E-state index contributed by atoms with van der Waals surface area (Å²) in [6, 6.07) is -2.03. The number of rotatable bonds is 14. The van der Waals surface area contributed by atoms with E-state index in [4.69, 9.17) is 0 Å². The first-order valence-corrected chi connectivity index (χ1v) is 11.7. The molecule has 14 nitrogen and oxygen atoms in total. The molecule has 0 saturated carbocycles. The molecular formula is C17H28B3N3O11S. The molecule has 35 heavy (non-hydrogen) atoms. The molecule has 0 radical (unpaired) electrons. The first-order chi connectivity index (χ1) is 16.5. The van der Waals surface area contributed by atoms with Gasteiger partial charge in [0.1, 0.15) is 0 Å². The van der Waals surface area contributed by atoms with Gasteiger partial charge in [0.15, 0.2) is 0 Å². The number of esters is 2. The van der Waals surface area contributed by atoms with Crippen LogP contribution in [0.5, 0.6) is 0 Å². The van der Waals surface area contributed by atoms with Crippen molar-refractivity contribution in [1.29, 1.82) is 0 Å². The van der Waals surface area contributed by atoms with Gasteiger partial charge in [0.05, 0.1) is 0 Å². The molecule has 0 N–H and O–H groups in total. The van der Waals surface area contributed by atoms with Crippen molar-refractivity contribution in [2.45, 2.75) is 44.8 Å². The quantitative estimate of drug-likeness (QED) is 0.0870. The summed E-state index contributed by atoms with van der Waals surface area (Å²) >= 11 is 0. The van der Waals surface area contributed by atoms with E-state index in [1.54, 1.807) is 6.92 Å². The molecule has 0 aliphatic rings. The van der Waals surface area contributed by atoms with Crippen LogP contribution >= 0.6 is 0 Å². The van der Waals surface area contributed by atoms with Gasteiger partial charge < -0.3 is 0 Å². The average molecular weight is 515 g/mol. The predicted molar refractivity (Wildman–Crippen MR) is 128 cm³/mol. The maximum absolute atomic E-state index is 11.0. The fourth-order valence-corrected chi connectivity index (χ4v) is 2.00. The molecule has 0 aliphatic heterocycles. The van der Waals surface area contributed by atoms with Gasteiger partial charge in [-0.1, -0.05) is 0 Å². The molecule has 0 heterocycles. The summed E-state index contributed by atoms with van der Waals surface area (Å²) in [5, 5.41) is 0. The van der Waals surface area contributed by atoms with Crippen LogP contribution in [0.4, 0.5) is 0 Å². The minimum atomic E-state index is -3.66. The molecule has 0 saturated heterocycles. The van der Waals surface area contributed by atoms with E-state index < -0.39 is 40.7 Å². The number of hydrogen-bond acceptors (Lipinski definition) is 14. The average Bonchev–Trinajstić information content (AvgIpc) is 2.84. The summed E-state index contributed by atoms with van der Waals surface area (Å²) in [6.45, 7) is 3.14. The van der Waals surface area contributed by atoms with Crippen LogP contribution in [-0.4, -0.2) is 112 Å². The molecule has 192 valence electrons. The van der Waals surface area contributed by atoms with Gasteiger partial charge in [0.25, 0.3) is 0 Å². The van der Waals surface area contributed by atoms with Crippen LogP contribution < -0.4 is 0 Å². The number of aliphatic imine (C=N–C) groups is 3. The van der Waals surface area contributed by atoms with Gasteiger partial charge >= 0.3 is 206 Å². The Bertz CT molecular complexity index is 851. The second-order valence-corrected chi connectivity index (χ2v) is 7.53. The molecule has 3 atom stereocenters. The Labute approximate surface area is 205 Å². The minimum absolute atomic E-state index is 0.338. The van der Waals surface area contributed by atoms with Crippen molar-refractivity contribution in [3.8, 4) is 0 Å². The van der Waals surface area contributed by atoms with E-state index in [0.717, 1.165) is 38.0 Å². The van der Waals surface area contributed by atoms with E-state index in [9.17, 15) is 36.9 Å². The first kappa shape index (κ1) is 36.7. The van der Waals surface area contributed by atoms with Crippen molar-refractivity contribution in [2.75, 3.05) is 27.1 Å². The Balaban J connectivity index is -0.000000456. The molecule has 0 bridgehead atoms. The summed E-state index contributed by atoms with van der Waals surface area (Å²) in [6.07, 6.45) is 5.73. The Hall–Kier alpha value is -2.88. The van der Waals surface area contributed by atoms with Crippen molar-refractivity contribution in [3.63, 3.8) is 0 Å². The number of methoxy groups -OCH3 is 2. The van der Waals surface area contributed by atoms with Gasteiger partial charge in [-0.15, -0.1) is 0 Å². The molecule has 0 aliphatic carbocycles. The van der Waals surface area contributed by atoms with Crippen molar-refractivity contribution in [3.05, 3.63) is 0 Å². The zero-order valence-electron chi connectivity index (χ0n) is 20.1. The summed E-state index contributed by atoms with van der Waals surface area (Å²) in [5.41, 5.74) is 0. The molecule has 0 aromatic heterocycles. The third-order valence-corrected chi connectivity index (χ3v) is 3.90. The summed E-state index contributed by atoms with van der Waals surface area (Å²) in [5.74, 6) is -1.19. The van der Waals surface area contributed by atoms with Crippen LogP contribution in [0.2, 0.25) is 0 Å². The number of hydrogen-bond donors (Lipinski definition) is 0. The van der Waals surface area contributed by atoms with Gasteiger partial charge in [-0.05, 0) is 0 Å². The predicted octanol–water partition coefficient (Wildman–Crippen LogP) is -1.36. The Morgan fingerprint density at radius 3 is 1.60 bits per heavy atom. The van der Waals surface area contributed by atoms with E-state index in [2.05, 4.69) is 28.6 Å². The fraction of sp³-hybridized carbons (Fsp3) is 0.647. The van der Waals surface area contributed by atoms with Crippen LogP contribution in [0.25, 0.3) is 0 Å². The number of carbonyl (C=O) groups excluding carboxylic acids is 3. The topological polar surface area (TPSA) is 201 Å². The van der Waals surface area contributed by atoms with Gasteiger partial charge in [0, 0.05) is 0 Å². The van der Waals surface area contributed by atoms with Crippen LogP contribution in [0, 0.1) is 0 Å². The molecule has 0 amide bonds. The Kier molecular flexibility index (Phi) is 25.4. The Morgan fingerprint density at radius 2 is 1.26 bits per heavy atom. The van der Waals surface area contributed by atoms with E-state index >= 15 is 0 Å². The molecule has 18 heteroatoms. The monoisotopic (exact) mass is 515 g/mol. The molecule has 0 spiro atoms. The fourth-order valence-electron chi connectivity index (χ4n) is 1.63. The number of aldehydes is 1.